The molecule has 4 rings (SSSR count). The Kier molecular flexibility index (Phi) is 10.8. The summed E-state index contributed by atoms with van der Waals surface area (Å²) >= 11 is 0. The minimum Gasteiger partial charge on any atom is -0.469 e. The number of aliphatic hydroxyl groups excluding tert-OH is 1. The molecule has 1 aromatic carbocycles. The number of anilines is 2. The van der Waals surface area contributed by atoms with Crippen LogP contribution in [-0.4, -0.2) is 78.2 Å². The van der Waals surface area contributed by atoms with E-state index in [4.69, 9.17) is 4.74 Å². The number of fused-ring (bicyclic) bond motifs is 1. The molecule has 3 heterocycles. The van der Waals surface area contributed by atoms with E-state index in [1.54, 1.807) is 45.9 Å². The molecule has 2 N–H and O–H groups in total. The molecule has 3 atom stereocenters. The molecule has 230 valence electrons. The van der Waals surface area contributed by atoms with E-state index in [2.05, 4.69) is 0 Å². The van der Waals surface area contributed by atoms with Crippen molar-refractivity contribution in [2.75, 3.05) is 43.2 Å². The zero-order valence-electron chi connectivity index (χ0n) is 24.9. The first-order valence-electron chi connectivity index (χ1n) is 15.3. The second-order valence-corrected chi connectivity index (χ2v) is 11.7. The van der Waals surface area contributed by atoms with Gasteiger partial charge in [-0.25, -0.2) is 0 Å². The molecule has 0 aliphatic carbocycles. The molecule has 1 aromatic rings. The van der Waals surface area contributed by atoms with Gasteiger partial charge in [0.15, 0.2) is 5.60 Å². The van der Waals surface area contributed by atoms with Crippen molar-refractivity contribution in [3.8, 4) is 0 Å². The number of rotatable bonds is 11. The Hall–Kier alpha value is -3.24. The summed E-state index contributed by atoms with van der Waals surface area (Å²) in [6.45, 7) is 3.22. The van der Waals surface area contributed by atoms with Crippen LogP contribution in [0.3, 0.4) is 0 Å². The molecule has 10 heteroatoms. The molecule has 2 fully saturated rings. The van der Waals surface area contributed by atoms with E-state index in [0.29, 0.717) is 55.8 Å². The van der Waals surface area contributed by atoms with Crippen LogP contribution in [0.25, 0.3) is 0 Å². The number of benzene rings is 1. The van der Waals surface area contributed by atoms with Crippen molar-refractivity contribution in [3.05, 3.63) is 35.9 Å². The van der Waals surface area contributed by atoms with Crippen molar-refractivity contribution in [1.29, 1.82) is 0 Å². The number of likely N-dealkylation sites (tertiary alicyclic amines) is 1. The summed E-state index contributed by atoms with van der Waals surface area (Å²) in [6.07, 6.45) is 10.8. The van der Waals surface area contributed by atoms with Gasteiger partial charge in [0, 0.05) is 56.1 Å². The summed E-state index contributed by atoms with van der Waals surface area (Å²) in [7, 11) is 1.34. The number of aliphatic hydroxyl groups is 2. The molecule has 3 amide bonds. The van der Waals surface area contributed by atoms with Gasteiger partial charge in [0.05, 0.1) is 25.4 Å². The summed E-state index contributed by atoms with van der Waals surface area (Å²) in [5, 5.41) is 21.7. The molecule has 0 spiro atoms. The van der Waals surface area contributed by atoms with Gasteiger partial charge in [-0.2, -0.15) is 0 Å². The van der Waals surface area contributed by atoms with Crippen molar-refractivity contribution in [2.45, 2.75) is 89.2 Å². The van der Waals surface area contributed by atoms with Gasteiger partial charge in [-0.05, 0) is 56.7 Å². The third-order valence-electron chi connectivity index (χ3n) is 8.91. The molecule has 42 heavy (non-hydrogen) atoms. The fourth-order valence-electron chi connectivity index (χ4n) is 6.38. The molecule has 0 unspecified atom stereocenters. The summed E-state index contributed by atoms with van der Waals surface area (Å²) in [6, 6.07) is 5.25. The first-order valence-corrected chi connectivity index (χ1v) is 15.3. The predicted octanol–water partition coefficient (Wildman–Crippen LogP) is 3.43. The van der Waals surface area contributed by atoms with Gasteiger partial charge < -0.3 is 29.6 Å². The monoisotopic (exact) mass is 583 g/mol. The molecule has 0 radical (unpaired) electrons. The summed E-state index contributed by atoms with van der Waals surface area (Å²) in [4.78, 5) is 56.3. The minimum atomic E-state index is -1.89. The Morgan fingerprint density at radius 3 is 2.67 bits per heavy atom. The van der Waals surface area contributed by atoms with E-state index in [1.807, 2.05) is 6.07 Å². The van der Waals surface area contributed by atoms with E-state index in [-0.39, 0.29) is 43.3 Å². The SMILES string of the molecule is COC(=O)CCCCN1C(=O)[C@](O)([C@H](C)/C=C/CC(=O)N2CCC[C@H]2CO)c2cc(N3CCCCCCC3=O)ccc21. The maximum Gasteiger partial charge on any atom is 0.305 e. The van der Waals surface area contributed by atoms with Crippen molar-refractivity contribution >= 4 is 35.1 Å². The summed E-state index contributed by atoms with van der Waals surface area (Å²) in [5.74, 6) is -1.49. The second kappa shape index (κ2) is 14.3. The number of unbranched alkanes of at least 4 members (excludes halogenated alkanes) is 1. The highest BCUT2D eigenvalue weighted by Gasteiger charge is 2.52. The third-order valence-corrected chi connectivity index (χ3v) is 8.91. The quantitative estimate of drug-likeness (QED) is 0.232. The molecule has 3 aliphatic heterocycles. The van der Waals surface area contributed by atoms with Crippen LogP contribution in [0.2, 0.25) is 0 Å². The molecule has 10 nitrogen and oxygen atoms in total. The molecule has 0 saturated carbocycles. The van der Waals surface area contributed by atoms with Crippen LogP contribution in [-0.2, 0) is 29.5 Å². The lowest BCUT2D eigenvalue weighted by atomic mass is 9.82. The molecule has 0 bridgehead atoms. The standard InChI is InChI=1S/C32H45N3O7/c1-23(11-9-14-29(38)34-20-10-12-25(34)22-36)32(41)26-21-24(33-18-7-4-3-5-13-28(33)37)16-17-27(26)35(31(32)40)19-8-6-15-30(39)42-2/h9,11,16-17,21,23,25,36,41H,3-8,10,12-15,18-20,22H2,1-2H3/b11-9+/t23-,25+,32+/m1/s1. The van der Waals surface area contributed by atoms with Crippen molar-refractivity contribution in [1.82, 2.24) is 4.90 Å². The van der Waals surface area contributed by atoms with Gasteiger partial charge in [-0.3, -0.25) is 19.2 Å². The highest BCUT2D eigenvalue weighted by atomic mass is 16.5. The number of carbonyl (C=O) groups excluding carboxylic acids is 4. The van der Waals surface area contributed by atoms with Crippen molar-refractivity contribution in [3.63, 3.8) is 0 Å². The molecule has 3 aliphatic rings. The maximum absolute atomic E-state index is 13.9. The van der Waals surface area contributed by atoms with Gasteiger partial charge in [0.2, 0.25) is 11.8 Å². The number of hydrogen-bond donors (Lipinski definition) is 2. The molecule has 0 aromatic heterocycles. The number of methoxy groups -OCH3 is 1. The van der Waals surface area contributed by atoms with Crippen LogP contribution in [0.5, 0.6) is 0 Å². The fraction of sp³-hybridized carbons (Fsp3) is 0.625. The van der Waals surface area contributed by atoms with E-state index in [0.717, 1.165) is 38.5 Å². The van der Waals surface area contributed by atoms with Crippen LogP contribution in [0, 0.1) is 5.92 Å². The Morgan fingerprint density at radius 2 is 1.90 bits per heavy atom. The van der Waals surface area contributed by atoms with Gasteiger partial charge in [-0.1, -0.05) is 31.9 Å². The number of hydrogen-bond acceptors (Lipinski definition) is 7. The zero-order valence-corrected chi connectivity index (χ0v) is 24.9. The third kappa shape index (κ3) is 6.70. The summed E-state index contributed by atoms with van der Waals surface area (Å²) < 4.78 is 4.72. The van der Waals surface area contributed by atoms with E-state index < -0.39 is 17.4 Å². The second-order valence-electron chi connectivity index (χ2n) is 11.7. The maximum atomic E-state index is 13.9. The number of carbonyl (C=O) groups is 4. The lowest BCUT2D eigenvalue weighted by Crippen LogP contribution is -2.44. The van der Waals surface area contributed by atoms with E-state index in [9.17, 15) is 29.4 Å². The molecular weight excluding hydrogens is 538 g/mol. The first-order chi connectivity index (χ1) is 20.2. The van der Waals surface area contributed by atoms with E-state index in [1.165, 1.54) is 7.11 Å². The smallest absolute Gasteiger partial charge is 0.305 e. The number of nitrogens with zero attached hydrogens (tertiary/aromatic N) is 3. The highest BCUT2D eigenvalue weighted by molar-refractivity contribution is 6.08. The van der Waals surface area contributed by atoms with Crippen molar-refractivity contribution < 1.29 is 34.1 Å². The van der Waals surface area contributed by atoms with Crippen LogP contribution in [0.1, 0.15) is 83.1 Å². The Labute approximate surface area is 248 Å². The topological polar surface area (TPSA) is 128 Å². The van der Waals surface area contributed by atoms with Gasteiger partial charge in [0.1, 0.15) is 0 Å². The van der Waals surface area contributed by atoms with Gasteiger partial charge >= 0.3 is 5.97 Å². The lowest BCUT2D eigenvalue weighted by molar-refractivity contribution is -0.140. The van der Waals surface area contributed by atoms with Crippen LogP contribution in [0.15, 0.2) is 30.4 Å². The normalized spacial score (nSPS) is 23.7. The van der Waals surface area contributed by atoms with Crippen LogP contribution >= 0.6 is 0 Å². The number of ether oxygens (including phenoxy) is 1. The van der Waals surface area contributed by atoms with E-state index >= 15 is 0 Å². The minimum absolute atomic E-state index is 0.0386. The predicted molar refractivity (Wildman–Crippen MR) is 159 cm³/mol. The largest absolute Gasteiger partial charge is 0.469 e. The van der Waals surface area contributed by atoms with Crippen LogP contribution in [0.4, 0.5) is 11.4 Å². The average molecular weight is 584 g/mol. The Balaban J connectivity index is 1.58. The lowest BCUT2D eigenvalue weighted by Gasteiger charge is -2.29. The van der Waals surface area contributed by atoms with Gasteiger partial charge in [-0.15, -0.1) is 0 Å². The Morgan fingerprint density at radius 1 is 1.12 bits per heavy atom. The highest BCUT2D eigenvalue weighted by Crippen LogP contribution is 2.47. The first kappa shape index (κ1) is 31.7. The fourth-order valence-corrected chi connectivity index (χ4v) is 6.38. The Bertz CT molecular complexity index is 1180. The number of esters is 1. The molecular formula is C32H45N3O7. The van der Waals surface area contributed by atoms with Crippen molar-refractivity contribution in [2.24, 2.45) is 5.92 Å². The molecule has 2 saturated heterocycles. The summed E-state index contributed by atoms with van der Waals surface area (Å²) in [5.41, 5.74) is -0.200. The van der Waals surface area contributed by atoms with Crippen LogP contribution < -0.4 is 9.80 Å². The average Bonchev–Trinajstić information content (AvgIpc) is 3.54. The number of amides is 3. The zero-order chi connectivity index (χ0) is 30.3. The van der Waals surface area contributed by atoms with Gasteiger partial charge in [0.25, 0.3) is 5.91 Å².